The number of piperidine rings is 1. The van der Waals surface area contributed by atoms with Gasteiger partial charge in [-0.3, -0.25) is 0 Å². The Labute approximate surface area is 144 Å². The number of aromatic nitrogens is 2. The largest absolute Gasteiger partial charge is 0.373 e. The van der Waals surface area contributed by atoms with E-state index in [0.717, 1.165) is 32.4 Å². The van der Waals surface area contributed by atoms with Crippen LogP contribution in [0.3, 0.4) is 0 Å². The van der Waals surface area contributed by atoms with Crippen molar-refractivity contribution >= 4 is 44.3 Å². The third kappa shape index (κ3) is 2.49. The topological polar surface area (TPSA) is 38.2 Å². The molecule has 122 valence electrons. The smallest absolute Gasteiger partial charge is 0.225 e. The maximum atomic E-state index is 14.3. The molecule has 0 N–H and O–H groups in total. The summed E-state index contributed by atoms with van der Waals surface area (Å²) in [5.41, 5.74) is -0.142. The Balaban J connectivity index is 1.86. The van der Waals surface area contributed by atoms with Gasteiger partial charge in [0.2, 0.25) is 5.28 Å². The van der Waals surface area contributed by atoms with Crippen molar-refractivity contribution in [2.45, 2.75) is 24.9 Å². The molecule has 0 radical (unpaired) electrons. The summed E-state index contributed by atoms with van der Waals surface area (Å²) in [6, 6.07) is 1.25. The number of hydrogen-bond acceptors (Lipinski definition) is 4. The first kappa shape index (κ1) is 15.5. The highest BCUT2D eigenvalue weighted by molar-refractivity contribution is 9.10. The van der Waals surface area contributed by atoms with Crippen LogP contribution in [0.25, 0.3) is 10.9 Å². The highest BCUT2D eigenvalue weighted by atomic mass is 79.9. The van der Waals surface area contributed by atoms with Gasteiger partial charge in [0, 0.05) is 24.9 Å². The number of benzene rings is 1. The molecule has 3 heterocycles. The summed E-state index contributed by atoms with van der Waals surface area (Å²) in [6.45, 7) is 2.15. The van der Waals surface area contributed by atoms with Crippen LogP contribution in [0.1, 0.15) is 19.3 Å². The molecular weight excluding hydrogens is 392 g/mol. The Morgan fingerprint density at radius 2 is 2.09 bits per heavy atom. The standard InChI is InChI=1S/C15H13BrClF2N3O/c16-10-9(18)6-8-12(11(10)19)20-14(17)21-13(8)22-4-1-2-15(7-22)3-5-23-15/h6H,1-5,7H2. The number of halogens is 4. The van der Waals surface area contributed by atoms with E-state index in [4.69, 9.17) is 16.3 Å². The van der Waals surface area contributed by atoms with Crippen LogP contribution in [-0.4, -0.2) is 35.3 Å². The molecule has 0 bridgehead atoms. The van der Waals surface area contributed by atoms with Gasteiger partial charge in [-0.1, -0.05) is 0 Å². The molecule has 8 heteroatoms. The zero-order chi connectivity index (χ0) is 16.2. The second-order valence-electron chi connectivity index (χ2n) is 6.01. The summed E-state index contributed by atoms with van der Waals surface area (Å²) in [6.07, 6.45) is 2.92. The van der Waals surface area contributed by atoms with Gasteiger partial charge in [-0.25, -0.2) is 13.8 Å². The first-order valence-electron chi connectivity index (χ1n) is 7.39. The average Bonchev–Trinajstić information content (AvgIpc) is 2.52. The van der Waals surface area contributed by atoms with Crippen LogP contribution in [0.5, 0.6) is 0 Å². The van der Waals surface area contributed by atoms with Crippen molar-refractivity contribution < 1.29 is 13.5 Å². The van der Waals surface area contributed by atoms with Gasteiger partial charge in [-0.05, 0) is 46.4 Å². The Bertz CT molecular complexity index is 800. The maximum Gasteiger partial charge on any atom is 0.225 e. The van der Waals surface area contributed by atoms with E-state index in [1.165, 1.54) is 6.07 Å². The van der Waals surface area contributed by atoms with E-state index in [2.05, 4.69) is 25.9 Å². The lowest BCUT2D eigenvalue weighted by molar-refractivity contribution is -0.151. The molecule has 0 saturated carbocycles. The van der Waals surface area contributed by atoms with Crippen molar-refractivity contribution in [3.63, 3.8) is 0 Å². The van der Waals surface area contributed by atoms with Crippen molar-refractivity contribution in [3.8, 4) is 0 Å². The molecule has 0 amide bonds. The zero-order valence-electron chi connectivity index (χ0n) is 12.1. The zero-order valence-corrected chi connectivity index (χ0v) is 14.4. The summed E-state index contributed by atoms with van der Waals surface area (Å²) in [4.78, 5) is 10.2. The molecule has 4 rings (SSSR count). The predicted octanol–water partition coefficient (Wildman–Crippen LogP) is 4.08. The summed E-state index contributed by atoms with van der Waals surface area (Å²) >= 11 is 8.87. The summed E-state index contributed by atoms with van der Waals surface area (Å²) in [5.74, 6) is -0.995. The number of anilines is 1. The first-order chi connectivity index (χ1) is 11.0. The molecular formula is C15H13BrClF2N3O. The monoisotopic (exact) mass is 403 g/mol. The number of fused-ring (bicyclic) bond motifs is 1. The molecule has 1 unspecified atom stereocenters. The molecule has 2 fully saturated rings. The molecule has 2 aliphatic rings. The minimum atomic E-state index is -0.767. The van der Waals surface area contributed by atoms with Crippen molar-refractivity contribution in [2.75, 3.05) is 24.6 Å². The number of hydrogen-bond donors (Lipinski definition) is 0. The third-order valence-corrected chi connectivity index (χ3v) is 5.48. The lowest BCUT2D eigenvalue weighted by Crippen LogP contribution is -2.56. The molecule has 1 atom stereocenters. The summed E-state index contributed by atoms with van der Waals surface area (Å²) in [5, 5.41) is 0.267. The van der Waals surface area contributed by atoms with Gasteiger partial charge in [-0.2, -0.15) is 4.98 Å². The van der Waals surface area contributed by atoms with Crippen LogP contribution in [0.2, 0.25) is 5.28 Å². The fourth-order valence-corrected chi connectivity index (χ4v) is 3.83. The van der Waals surface area contributed by atoms with Crippen LogP contribution >= 0.6 is 27.5 Å². The van der Waals surface area contributed by atoms with E-state index < -0.39 is 11.6 Å². The summed E-state index contributed by atoms with van der Waals surface area (Å²) < 4.78 is 33.8. The first-order valence-corrected chi connectivity index (χ1v) is 8.56. The van der Waals surface area contributed by atoms with Gasteiger partial charge in [0.1, 0.15) is 17.2 Å². The molecule has 0 aliphatic carbocycles. The predicted molar refractivity (Wildman–Crippen MR) is 86.9 cm³/mol. The van der Waals surface area contributed by atoms with Crippen LogP contribution in [-0.2, 0) is 4.74 Å². The Kier molecular flexibility index (Phi) is 3.70. The Morgan fingerprint density at radius 3 is 2.78 bits per heavy atom. The summed E-state index contributed by atoms with van der Waals surface area (Å²) in [7, 11) is 0. The third-order valence-electron chi connectivity index (χ3n) is 4.58. The van der Waals surface area contributed by atoms with Gasteiger partial charge < -0.3 is 9.64 Å². The Morgan fingerprint density at radius 1 is 1.30 bits per heavy atom. The quantitative estimate of drug-likeness (QED) is 0.530. The fourth-order valence-electron chi connectivity index (χ4n) is 3.36. The minimum absolute atomic E-state index is 0.0161. The number of ether oxygens (including phenoxy) is 1. The van der Waals surface area contributed by atoms with Crippen LogP contribution < -0.4 is 4.90 Å². The van der Waals surface area contributed by atoms with Gasteiger partial charge in [-0.15, -0.1) is 0 Å². The molecule has 1 spiro atoms. The number of rotatable bonds is 1. The van der Waals surface area contributed by atoms with E-state index >= 15 is 0 Å². The highest BCUT2D eigenvalue weighted by Crippen LogP contribution is 2.39. The van der Waals surface area contributed by atoms with E-state index in [1.807, 2.05) is 4.90 Å². The maximum absolute atomic E-state index is 14.3. The average molecular weight is 405 g/mol. The molecule has 2 aliphatic heterocycles. The lowest BCUT2D eigenvalue weighted by Gasteiger charge is -2.48. The van der Waals surface area contributed by atoms with E-state index in [9.17, 15) is 8.78 Å². The van der Waals surface area contributed by atoms with Crippen molar-refractivity contribution in [2.24, 2.45) is 0 Å². The molecule has 1 aromatic carbocycles. The number of nitrogens with zero attached hydrogens (tertiary/aromatic N) is 3. The van der Waals surface area contributed by atoms with E-state index in [-0.39, 0.29) is 20.9 Å². The second kappa shape index (κ2) is 5.50. The highest BCUT2D eigenvalue weighted by Gasteiger charge is 2.42. The fraction of sp³-hybridized carbons (Fsp3) is 0.467. The van der Waals surface area contributed by atoms with Crippen molar-refractivity contribution in [1.82, 2.24) is 9.97 Å². The van der Waals surface area contributed by atoms with Crippen molar-refractivity contribution in [1.29, 1.82) is 0 Å². The van der Waals surface area contributed by atoms with Crippen LogP contribution in [0, 0.1) is 11.6 Å². The van der Waals surface area contributed by atoms with Crippen LogP contribution in [0.15, 0.2) is 10.5 Å². The molecule has 23 heavy (non-hydrogen) atoms. The van der Waals surface area contributed by atoms with Gasteiger partial charge in [0.25, 0.3) is 0 Å². The lowest BCUT2D eigenvalue weighted by atomic mass is 9.86. The molecule has 4 nitrogen and oxygen atoms in total. The van der Waals surface area contributed by atoms with Crippen LogP contribution in [0.4, 0.5) is 14.6 Å². The molecule has 2 aromatic rings. The molecule has 1 aromatic heterocycles. The van der Waals surface area contributed by atoms with E-state index in [1.54, 1.807) is 0 Å². The minimum Gasteiger partial charge on any atom is -0.373 e. The van der Waals surface area contributed by atoms with E-state index in [0.29, 0.717) is 17.7 Å². The Hall–Kier alpha value is -1.05. The second-order valence-corrected chi connectivity index (χ2v) is 7.14. The normalized spacial score (nSPS) is 24.3. The van der Waals surface area contributed by atoms with Gasteiger partial charge in [0.05, 0.1) is 16.7 Å². The SMILES string of the molecule is Fc1cc2c(N3CCCC4(CCO4)C3)nc(Cl)nc2c(F)c1Br. The molecule has 2 saturated heterocycles. The van der Waals surface area contributed by atoms with Gasteiger partial charge in [0.15, 0.2) is 5.82 Å². The van der Waals surface area contributed by atoms with Crippen molar-refractivity contribution in [3.05, 3.63) is 27.5 Å². The van der Waals surface area contributed by atoms with Gasteiger partial charge >= 0.3 is 0 Å².